The molecule has 0 aromatic rings. The van der Waals surface area contributed by atoms with Gasteiger partial charge in [0.25, 0.3) is 0 Å². The van der Waals surface area contributed by atoms with Crippen molar-refractivity contribution in [3.05, 3.63) is 0 Å². The van der Waals surface area contributed by atoms with Crippen molar-refractivity contribution in [2.45, 2.75) is 155 Å². The van der Waals surface area contributed by atoms with Crippen molar-refractivity contribution in [2.24, 2.45) is 11.8 Å². The fourth-order valence-corrected chi connectivity index (χ4v) is 8.28. The van der Waals surface area contributed by atoms with Crippen LogP contribution in [0.5, 0.6) is 0 Å². The predicted octanol–water partition coefficient (Wildman–Crippen LogP) is 7.87. The van der Waals surface area contributed by atoms with Gasteiger partial charge in [0.05, 0.1) is 0 Å². The second-order valence-electron chi connectivity index (χ2n) is 13.2. The third-order valence-electron chi connectivity index (χ3n) is 10.4. The Morgan fingerprint density at radius 2 is 0.842 bits per heavy atom. The highest BCUT2D eigenvalue weighted by molar-refractivity contribution is 4.99. The summed E-state index contributed by atoms with van der Waals surface area (Å²) in [5, 5.41) is 7.77. The van der Waals surface area contributed by atoms with E-state index in [1.54, 1.807) is 0 Å². The molecule has 0 saturated heterocycles. The maximum atomic E-state index is 3.89. The SMILES string of the molecule is CCCN(CCC)C1(C(C)CNCCCCNCC(C)C2(N(CCC)CCC)CCCCC2)CCCCC1. The van der Waals surface area contributed by atoms with Gasteiger partial charge in [0.1, 0.15) is 0 Å². The number of nitrogens with zero attached hydrogens (tertiary/aromatic N) is 2. The van der Waals surface area contributed by atoms with Gasteiger partial charge in [-0.15, -0.1) is 0 Å². The molecule has 38 heavy (non-hydrogen) atoms. The van der Waals surface area contributed by atoms with Crippen LogP contribution in [-0.2, 0) is 0 Å². The standard InChI is InChI=1S/C34H70N4/c1-7-25-37(26-8-2)33(19-13-11-14-20-33)31(5)29-35-23-17-18-24-36-30-32(6)34(21-15-12-16-22-34)38(27-9-3)28-10-4/h31-32,35-36H,7-30H2,1-6H3. The van der Waals surface area contributed by atoms with E-state index in [4.69, 9.17) is 0 Å². The third-order valence-corrected chi connectivity index (χ3v) is 10.4. The highest BCUT2D eigenvalue weighted by atomic mass is 15.2. The van der Waals surface area contributed by atoms with Crippen LogP contribution in [0.3, 0.4) is 0 Å². The molecule has 226 valence electrons. The van der Waals surface area contributed by atoms with Gasteiger partial charge < -0.3 is 10.6 Å². The zero-order valence-corrected chi connectivity index (χ0v) is 27.0. The summed E-state index contributed by atoms with van der Waals surface area (Å²) in [7, 11) is 0. The summed E-state index contributed by atoms with van der Waals surface area (Å²) in [5.74, 6) is 1.47. The van der Waals surface area contributed by atoms with Gasteiger partial charge in [-0.1, -0.05) is 80.1 Å². The molecule has 2 rings (SSSR count). The van der Waals surface area contributed by atoms with Crippen LogP contribution in [-0.4, -0.2) is 73.2 Å². The number of nitrogens with one attached hydrogen (secondary N) is 2. The van der Waals surface area contributed by atoms with E-state index in [1.807, 2.05) is 0 Å². The van der Waals surface area contributed by atoms with E-state index in [9.17, 15) is 0 Å². The minimum absolute atomic E-state index is 0.438. The Hall–Kier alpha value is -0.160. The molecule has 2 saturated carbocycles. The molecule has 0 spiro atoms. The third kappa shape index (κ3) is 9.74. The molecule has 2 N–H and O–H groups in total. The van der Waals surface area contributed by atoms with Crippen molar-refractivity contribution in [1.29, 1.82) is 0 Å². The Labute approximate surface area is 239 Å². The molecule has 4 nitrogen and oxygen atoms in total. The number of hydrogen-bond donors (Lipinski definition) is 2. The van der Waals surface area contributed by atoms with E-state index in [0.717, 1.165) is 11.8 Å². The fraction of sp³-hybridized carbons (Fsp3) is 1.00. The molecular weight excluding hydrogens is 464 g/mol. The Bertz CT molecular complexity index is 505. The molecule has 0 amide bonds. The molecule has 0 radical (unpaired) electrons. The van der Waals surface area contributed by atoms with E-state index >= 15 is 0 Å². The quantitative estimate of drug-likeness (QED) is 0.147. The topological polar surface area (TPSA) is 30.5 Å². The van der Waals surface area contributed by atoms with Gasteiger partial charge in [0.15, 0.2) is 0 Å². The minimum atomic E-state index is 0.438. The van der Waals surface area contributed by atoms with Crippen LogP contribution < -0.4 is 10.6 Å². The van der Waals surface area contributed by atoms with Crippen molar-refractivity contribution < 1.29 is 0 Å². The zero-order chi connectivity index (χ0) is 27.7. The van der Waals surface area contributed by atoms with Crippen molar-refractivity contribution in [2.75, 3.05) is 52.4 Å². The van der Waals surface area contributed by atoms with Gasteiger partial charge >= 0.3 is 0 Å². The van der Waals surface area contributed by atoms with Gasteiger partial charge in [-0.2, -0.15) is 0 Å². The van der Waals surface area contributed by atoms with Crippen LogP contribution in [0, 0.1) is 11.8 Å². The van der Waals surface area contributed by atoms with Crippen LogP contribution in [0.15, 0.2) is 0 Å². The molecule has 4 heteroatoms. The Morgan fingerprint density at radius 1 is 0.526 bits per heavy atom. The van der Waals surface area contributed by atoms with E-state index in [0.29, 0.717) is 11.1 Å². The maximum Gasteiger partial charge on any atom is 0.0247 e. The number of unbranched alkanes of at least 4 members (excludes halogenated alkanes) is 1. The van der Waals surface area contributed by atoms with Crippen LogP contribution in [0.1, 0.15) is 144 Å². The van der Waals surface area contributed by atoms with Crippen molar-refractivity contribution >= 4 is 0 Å². The molecular formula is C34H70N4. The molecule has 2 atom stereocenters. The first-order chi connectivity index (χ1) is 18.5. The second-order valence-corrected chi connectivity index (χ2v) is 13.2. The summed E-state index contributed by atoms with van der Waals surface area (Å²) in [4.78, 5) is 5.79. The molecule has 0 aromatic heterocycles. The van der Waals surface area contributed by atoms with E-state index in [-0.39, 0.29) is 0 Å². The predicted molar refractivity (Wildman–Crippen MR) is 169 cm³/mol. The van der Waals surface area contributed by atoms with E-state index in [2.05, 4.69) is 62.0 Å². The molecule has 2 fully saturated rings. The molecule has 0 aliphatic heterocycles. The highest BCUT2D eigenvalue weighted by Gasteiger charge is 2.42. The normalized spacial score (nSPS) is 21.2. The first kappa shape index (κ1) is 34.0. The first-order valence-electron chi connectivity index (χ1n) is 17.4. The lowest BCUT2D eigenvalue weighted by Gasteiger charge is -2.51. The molecule has 0 bridgehead atoms. The molecule has 2 aliphatic carbocycles. The lowest BCUT2D eigenvalue weighted by molar-refractivity contribution is 0.00390. The van der Waals surface area contributed by atoms with Gasteiger partial charge in [-0.3, -0.25) is 9.80 Å². The van der Waals surface area contributed by atoms with Crippen molar-refractivity contribution in [3.8, 4) is 0 Å². The molecule has 0 aromatic carbocycles. The van der Waals surface area contributed by atoms with Crippen molar-refractivity contribution in [1.82, 2.24) is 20.4 Å². The number of hydrogen-bond acceptors (Lipinski definition) is 4. The Morgan fingerprint density at radius 3 is 1.13 bits per heavy atom. The van der Waals surface area contributed by atoms with Crippen LogP contribution in [0.2, 0.25) is 0 Å². The largest absolute Gasteiger partial charge is 0.316 e. The maximum absolute atomic E-state index is 3.89. The van der Waals surface area contributed by atoms with Crippen LogP contribution in [0.4, 0.5) is 0 Å². The molecule has 2 aliphatic rings. The highest BCUT2D eigenvalue weighted by Crippen LogP contribution is 2.41. The van der Waals surface area contributed by atoms with Gasteiger partial charge in [0, 0.05) is 11.1 Å². The first-order valence-corrected chi connectivity index (χ1v) is 17.4. The summed E-state index contributed by atoms with van der Waals surface area (Å²) in [5.41, 5.74) is 0.876. The van der Waals surface area contributed by atoms with Gasteiger partial charge in [0.2, 0.25) is 0 Å². The Kier molecular flexibility index (Phi) is 17.1. The van der Waals surface area contributed by atoms with Gasteiger partial charge in [-0.25, -0.2) is 0 Å². The average molecular weight is 535 g/mol. The Balaban J connectivity index is 1.73. The summed E-state index contributed by atoms with van der Waals surface area (Å²) < 4.78 is 0. The second kappa shape index (κ2) is 19.1. The summed E-state index contributed by atoms with van der Waals surface area (Å²) >= 11 is 0. The average Bonchev–Trinajstić information content (AvgIpc) is 2.94. The van der Waals surface area contributed by atoms with Crippen LogP contribution >= 0.6 is 0 Å². The lowest BCUT2D eigenvalue weighted by atomic mass is 9.71. The smallest absolute Gasteiger partial charge is 0.0247 e. The number of rotatable bonds is 21. The lowest BCUT2D eigenvalue weighted by Crippen LogP contribution is -2.57. The zero-order valence-electron chi connectivity index (χ0n) is 27.0. The van der Waals surface area contributed by atoms with Crippen LogP contribution in [0.25, 0.3) is 0 Å². The monoisotopic (exact) mass is 535 g/mol. The summed E-state index contributed by atoms with van der Waals surface area (Å²) in [6, 6.07) is 0. The fourth-order valence-electron chi connectivity index (χ4n) is 8.28. The van der Waals surface area contributed by atoms with E-state index in [1.165, 1.54) is 155 Å². The minimum Gasteiger partial charge on any atom is -0.316 e. The molecule has 0 heterocycles. The van der Waals surface area contributed by atoms with Gasteiger partial charge in [-0.05, 0) is 128 Å². The van der Waals surface area contributed by atoms with E-state index < -0.39 is 0 Å². The summed E-state index contributed by atoms with van der Waals surface area (Å²) in [6.45, 7) is 24.3. The molecule has 2 unspecified atom stereocenters. The van der Waals surface area contributed by atoms with Crippen molar-refractivity contribution in [3.63, 3.8) is 0 Å². The summed E-state index contributed by atoms with van der Waals surface area (Å²) in [6.07, 6.45) is 21.9.